The van der Waals surface area contributed by atoms with Crippen LogP contribution in [0.15, 0.2) is 42.5 Å². The number of nitrogens with one attached hydrogen (secondary N) is 3. The molecule has 0 aliphatic carbocycles. The van der Waals surface area contributed by atoms with Crippen molar-refractivity contribution >= 4 is 40.2 Å². The SMILES string of the molecule is COC(=O)C(CNC(=O)c1cc(O)cc(O)c1)NC(=O)c1sc(NC(=O)Cc2cccc(O)c2)nc1C. The molecule has 0 aliphatic rings. The molecule has 194 valence electrons. The summed E-state index contributed by atoms with van der Waals surface area (Å²) in [5.74, 6) is -3.23. The molecule has 1 aromatic heterocycles. The number of benzene rings is 2. The van der Waals surface area contributed by atoms with E-state index < -0.39 is 29.7 Å². The van der Waals surface area contributed by atoms with Gasteiger partial charge < -0.3 is 36.0 Å². The van der Waals surface area contributed by atoms with Gasteiger partial charge in [-0.25, -0.2) is 9.78 Å². The molecule has 6 N–H and O–H groups in total. The lowest BCUT2D eigenvalue weighted by Gasteiger charge is -2.17. The normalized spacial score (nSPS) is 11.3. The Morgan fingerprint density at radius 3 is 2.35 bits per heavy atom. The quantitative estimate of drug-likeness (QED) is 0.223. The fraction of sp³-hybridized carbons (Fsp3) is 0.208. The van der Waals surface area contributed by atoms with E-state index in [9.17, 15) is 34.5 Å². The van der Waals surface area contributed by atoms with Crippen LogP contribution in [0.25, 0.3) is 0 Å². The van der Waals surface area contributed by atoms with Gasteiger partial charge in [0.05, 0.1) is 19.2 Å². The van der Waals surface area contributed by atoms with Gasteiger partial charge in [0, 0.05) is 18.2 Å². The number of aromatic nitrogens is 1. The molecule has 3 rings (SSSR count). The monoisotopic (exact) mass is 528 g/mol. The molecular weight excluding hydrogens is 504 g/mol. The fourth-order valence-electron chi connectivity index (χ4n) is 3.26. The van der Waals surface area contributed by atoms with Crippen LogP contribution in [0.1, 0.15) is 31.3 Å². The third-order valence-electron chi connectivity index (χ3n) is 4.95. The topological polar surface area (TPSA) is 187 Å². The first-order valence-electron chi connectivity index (χ1n) is 10.8. The maximum absolute atomic E-state index is 12.9. The maximum Gasteiger partial charge on any atom is 0.330 e. The second kappa shape index (κ2) is 11.9. The van der Waals surface area contributed by atoms with E-state index in [4.69, 9.17) is 4.74 Å². The van der Waals surface area contributed by atoms with Crippen molar-refractivity contribution in [3.63, 3.8) is 0 Å². The number of aryl methyl sites for hydroxylation is 1. The maximum atomic E-state index is 12.9. The summed E-state index contributed by atoms with van der Waals surface area (Å²) in [7, 11) is 1.12. The van der Waals surface area contributed by atoms with Crippen LogP contribution in [0.4, 0.5) is 5.13 Å². The van der Waals surface area contributed by atoms with Crippen LogP contribution in [0.2, 0.25) is 0 Å². The largest absolute Gasteiger partial charge is 0.508 e. The number of ether oxygens (including phenoxy) is 1. The number of carbonyl (C=O) groups is 4. The predicted molar refractivity (Wildman–Crippen MR) is 133 cm³/mol. The molecule has 0 saturated carbocycles. The molecule has 1 atom stereocenters. The summed E-state index contributed by atoms with van der Waals surface area (Å²) < 4.78 is 4.71. The molecule has 0 spiro atoms. The molecule has 37 heavy (non-hydrogen) atoms. The van der Waals surface area contributed by atoms with Crippen LogP contribution in [0.3, 0.4) is 0 Å². The standard InChI is InChI=1S/C24H24N4O8S/c1-12-20(37-24(26-12)28-19(32)7-13-4-3-5-15(29)6-13)22(34)27-18(23(35)36-2)11-25-21(33)14-8-16(30)10-17(31)9-14/h3-6,8-10,18,29-31H,7,11H2,1-2H3,(H,25,33)(H,27,34)(H,26,28,32). The summed E-state index contributed by atoms with van der Waals surface area (Å²) in [6, 6.07) is 8.27. The van der Waals surface area contributed by atoms with Crippen molar-refractivity contribution in [1.29, 1.82) is 0 Å². The van der Waals surface area contributed by atoms with Gasteiger partial charge in [0.15, 0.2) is 5.13 Å². The molecule has 12 nitrogen and oxygen atoms in total. The van der Waals surface area contributed by atoms with E-state index in [0.29, 0.717) is 11.3 Å². The van der Waals surface area contributed by atoms with Gasteiger partial charge in [0.25, 0.3) is 11.8 Å². The van der Waals surface area contributed by atoms with Crippen molar-refractivity contribution < 1.29 is 39.2 Å². The van der Waals surface area contributed by atoms with Gasteiger partial charge in [0.2, 0.25) is 5.91 Å². The first-order valence-corrected chi connectivity index (χ1v) is 11.6. The highest BCUT2D eigenvalue weighted by Gasteiger charge is 2.26. The Bertz CT molecular complexity index is 1320. The van der Waals surface area contributed by atoms with Gasteiger partial charge in [-0.1, -0.05) is 23.5 Å². The lowest BCUT2D eigenvalue weighted by Crippen LogP contribution is -2.49. The second-order valence-electron chi connectivity index (χ2n) is 7.83. The first kappa shape index (κ1) is 26.9. The lowest BCUT2D eigenvalue weighted by molar-refractivity contribution is -0.142. The molecule has 13 heteroatoms. The highest BCUT2D eigenvalue weighted by Crippen LogP contribution is 2.23. The highest BCUT2D eigenvalue weighted by molar-refractivity contribution is 7.17. The van der Waals surface area contributed by atoms with Crippen LogP contribution in [-0.2, 0) is 20.7 Å². The van der Waals surface area contributed by atoms with Crippen molar-refractivity contribution in [2.24, 2.45) is 0 Å². The molecule has 1 heterocycles. The Kier molecular flexibility index (Phi) is 8.64. The van der Waals surface area contributed by atoms with E-state index in [0.717, 1.165) is 36.6 Å². The lowest BCUT2D eigenvalue weighted by atomic mass is 10.1. The predicted octanol–water partition coefficient (Wildman–Crippen LogP) is 1.45. The number of amides is 3. The number of methoxy groups -OCH3 is 1. The number of carbonyl (C=O) groups excluding carboxylic acids is 4. The number of hydrogen-bond acceptors (Lipinski definition) is 10. The fourth-order valence-corrected chi connectivity index (χ4v) is 4.14. The van der Waals surface area contributed by atoms with E-state index >= 15 is 0 Å². The van der Waals surface area contributed by atoms with Gasteiger partial charge in [-0.15, -0.1) is 0 Å². The summed E-state index contributed by atoms with van der Waals surface area (Å²) in [6.45, 7) is 1.21. The third kappa shape index (κ3) is 7.41. The molecule has 0 radical (unpaired) electrons. The molecule has 0 bridgehead atoms. The first-order chi connectivity index (χ1) is 17.5. The van der Waals surface area contributed by atoms with Gasteiger partial charge >= 0.3 is 5.97 Å². The van der Waals surface area contributed by atoms with Crippen LogP contribution >= 0.6 is 11.3 Å². The van der Waals surface area contributed by atoms with Crippen molar-refractivity contribution in [2.75, 3.05) is 19.0 Å². The molecule has 0 fully saturated rings. The smallest absolute Gasteiger partial charge is 0.330 e. The Morgan fingerprint density at radius 1 is 1.00 bits per heavy atom. The van der Waals surface area contributed by atoms with E-state index in [1.54, 1.807) is 19.1 Å². The van der Waals surface area contributed by atoms with Crippen LogP contribution in [0, 0.1) is 6.92 Å². The van der Waals surface area contributed by atoms with Gasteiger partial charge in [-0.2, -0.15) is 0 Å². The minimum atomic E-state index is -1.27. The van der Waals surface area contributed by atoms with Crippen molar-refractivity contribution in [3.8, 4) is 17.2 Å². The van der Waals surface area contributed by atoms with E-state index in [1.165, 1.54) is 12.1 Å². The summed E-state index contributed by atoms with van der Waals surface area (Å²) in [4.78, 5) is 54.1. The molecule has 1 unspecified atom stereocenters. The number of hydrogen-bond donors (Lipinski definition) is 6. The number of thiazole rings is 1. The Balaban J connectivity index is 1.64. The van der Waals surface area contributed by atoms with E-state index in [1.807, 2.05) is 0 Å². The van der Waals surface area contributed by atoms with Gasteiger partial charge in [-0.05, 0) is 36.8 Å². The van der Waals surface area contributed by atoms with Gasteiger partial charge in [0.1, 0.15) is 28.2 Å². The minimum Gasteiger partial charge on any atom is -0.508 e. The highest BCUT2D eigenvalue weighted by atomic mass is 32.1. The van der Waals surface area contributed by atoms with Crippen LogP contribution in [-0.4, -0.2) is 63.7 Å². The minimum absolute atomic E-state index is 0.0182. The number of aromatic hydroxyl groups is 3. The molecule has 3 aromatic rings. The number of rotatable bonds is 9. The average molecular weight is 529 g/mol. The molecule has 0 aliphatic heterocycles. The molecular formula is C24H24N4O8S. The number of nitrogens with zero attached hydrogens (tertiary/aromatic N) is 1. The third-order valence-corrected chi connectivity index (χ3v) is 6.02. The zero-order chi connectivity index (χ0) is 27.1. The molecule has 2 aromatic carbocycles. The zero-order valence-electron chi connectivity index (χ0n) is 19.8. The van der Waals surface area contributed by atoms with E-state index in [2.05, 4.69) is 20.9 Å². The van der Waals surface area contributed by atoms with E-state index in [-0.39, 0.29) is 45.8 Å². The number of phenolic OH excluding ortho intramolecular Hbond substituents is 3. The Morgan fingerprint density at radius 2 is 1.70 bits per heavy atom. The van der Waals surface area contributed by atoms with Crippen molar-refractivity contribution in [3.05, 3.63) is 64.2 Å². The summed E-state index contributed by atoms with van der Waals surface area (Å²) in [6.07, 6.45) is -0.0182. The molecule has 3 amide bonds. The van der Waals surface area contributed by atoms with Crippen molar-refractivity contribution in [1.82, 2.24) is 15.6 Å². The number of phenols is 3. The summed E-state index contributed by atoms with van der Waals surface area (Å²) in [5.41, 5.74) is 0.836. The number of anilines is 1. The zero-order valence-corrected chi connectivity index (χ0v) is 20.6. The summed E-state index contributed by atoms with van der Waals surface area (Å²) >= 11 is 0.896. The average Bonchev–Trinajstić information content (AvgIpc) is 3.19. The Hall–Kier alpha value is -4.65. The van der Waals surface area contributed by atoms with Crippen LogP contribution < -0.4 is 16.0 Å². The summed E-state index contributed by atoms with van der Waals surface area (Å²) in [5, 5.41) is 36.3. The van der Waals surface area contributed by atoms with Gasteiger partial charge in [-0.3, -0.25) is 14.4 Å². The molecule has 0 saturated heterocycles. The second-order valence-corrected chi connectivity index (χ2v) is 8.82. The number of esters is 1. The van der Waals surface area contributed by atoms with Crippen molar-refractivity contribution in [2.45, 2.75) is 19.4 Å². The Labute approximate surface area is 214 Å². The van der Waals surface area contributed by atoms with Crippen LogP contribution in [0.5, 0.6) is 17.2 Å².